The first-order valence-electron chi connectivity index (χ1n) is 10.8. The van der Waals surface area contributed by atoms with Crippen LogP contribution in [0.2, 0.25) is 5.02 Å². The molecule has 0 aliphatic rings. The van der Waals surface area contributed by atoms with Gasteiger partial charge in [0, 0.05) is 32.2 Å². The van der Waals surface area contributed by atoms with Crippen molar-refractivity contribution in [3.63, 3.8) is 0 Å². The molecule has 0 fully saturated rings. The summed E-state index contributed by atoms with van der Waals surface area (Å²) in [6.45, 7) is 2.78. The maximum atomic E-state index is 15.0. The molecule has 0 spiro atoms. The van der Waals surface area contributed by atoms with Crippen molar-refractivity contribution < 1.29 is 43.9 Å². The van der Waals surface area contributed by atoms with Crippen LogP contribution in [0.15, 0.2) is 45.4 Å². The molecule has 0 N–H and O–H groups in total. The van der Waals surface area contributed by atoms with Gasteiger partial charge in [0.2, 0.25) is 0 Å². The molecule has 14 heteroatoms. The zero-order valence-electron chi connectivity index (χ0n) is 19.7. The van der Waals surface area contributed by atoms with Crippen LogP contribution >= 0.6 is 43.5 Å². The van der Waals surface area contributed by atoms with Crippen molar-refractivity contribution in [1.29, 1.82) is 0 Å². The molecule has 210 valence electrons. The van der Waals surface area contributed by atoms with Crippen LogP contribution in [0.1, 0.15) is 53.2 Å². The van der Waals surface area contributed by atoms with E-state index in [2.05, 4.69) is 31.9 Å². The Bertz CT molecular complexity index is 1320. The van der Waals surface area contributed by atoms with Crippen LogP contribution in [-0.4, -0.2) is 31.9 Å². The summed E-state index contributed by atoms with van der Waals surface area (Å²) < 4.78 is 121. The summed E-state index contributed by atoms with van der Waals surface area (Å²) in [7, 11) is -3.49. The van der Waals surface area contributed by atoms with Crippen LogP contribution < -0.4 is 0 Å². The van der Waals surface area contributed by atoms with E-state index in [1.807, 2.05) is 0 Å². The summed E-state index contributed by atoms with van der Waals surface area (Å²) in [6.07, 6.45) is -10.6. The third-order valence-corrected chi connectivity index (χ3v) is 9.52. The average molecular weight is 717 g/mol. The zero-order valence-corrected chi connectivity index (χ0v) is 24.4. The largest absolute Gasteiger partial charge is 0.417 e. The van der Waals surface area contributed by atoms with Crippen LogP contribution in [0.5, 0.6) is 0 Å². The average Bonchev–Trinajstić information content (AvgIpc) is 2.78. The zero-order chi connectivity index (χ0) is 29.2. The van der Waals surface area contributed by atoms with Gasteiger partial charge in [-0.05, 0) is 67.6 Å². The number of Topliss-reactive ketones (excluding diaryl/α,β-unsaturated/α-hetero) is 1. The van der Waals surface area contributed by atoms with Crippen LogP contribution in [0.3, 0.4) is 0 Å². The first kappa shape index (κ1) is 32.8. The number of ketones is 1. The number of benzene rings is 2. The number of hydrogen-bond donors (Lipinski definition) is 0. The second kappa shape index (κ2) is 12.4. The van der Waals surface area contributed by atoms with Gasteiger partial charge < -0.3 is 0 Å². The maximum Gasteiger partial charge on any atom is 0.417 e. The fourth-order valence-corrected chi connectivity index (χ4v) is 6.14. The van der Waals surface area contributed by atoms with Crippen molar-refractivity contribution in [2.24, 2.45) is 5.92 Å². The molecule has 38 heavy (non-hydrogen) atoms. The summed E-state index contributed by atoms with van der Waals surface area (Å²) >= 11 is 11.9. The molecule has 0 aromatic heterocycles. The summed E-state index contributed by atoms with van der Waals surface area (Å²) in [5.74, 6) is -6.58. The minimum atomic E-state index is -5.14. The molecule has 1 unspecified atom stereocenters. The summed E-state index contributed by atoms with van der Waals surface area (Å²) in [6, 6.07) is 3.72. The van der Waals surface area contributed by atoms with E-state index in [0.29, 0.717) is 6.07 Å². The molecule has 2 aromatic rings. The van der Waals surface area contributed by atoms with E-state index in [4.69, 9.17) is 11.6 Å². The van der Waals surface area contributed by atoms with Gasteiger partial charge in [0.15, 0.2) is 5.78 Å². The Morgan fingerprint density at radius 2 is 1.61 bits per heavy atom. The first-order valence-corrected chi connectivity index (χ1v) is 14.6. The second-order valence-electron chi connectivity index (χ2n) is 8.52. The normalized spacial score (nSPS) is 14.9. The molecule has 0 amide bonds. The van der Waals surface area contributed by atoms with Gasteiger partial charge in [-0.15, -0.1) is 0 Å². The molecular formula is C24H20Br2ClF7O3S. The molecule has 0 aliphatic carbocycles. The van der Waals surface area contributed by atoms with Gasteiger partial charge in [-0.3, -0.25) is 4.79 Å². The molecule has 2 atom stereocenters. The van der Waals surface area contributed by atoms with E-state index in [1.54, 1.807) is 0 Å². The number of sulfone groups is 1. The standard InChI is InChI=1S/C24H20Br2ClF7O3S/c1-3-38(36,37)11-12(2)6-21(35)15-5-4-13(7-17(15)24(32,33)34)20(28)10-16(23(29,30)31)14-8-18(25)22(27)19(26)9-14/h4-5,7-10,12,16H,3,6,11H2,1-2H3/b20-10-/t12-,16?/m0/s1. The highest BCUT2D eigenvalue weighted by Crippen LogP contribution is 2.43. The third-order valence-electron chi connectivity index (χ3n) is 5.44. The number of allylic oxidation sites excluding steroid dienone is 1. The van der Waals surface area contributed by atoms with Crippen LogP contribution in [-0.2, 0) is 16.0 Å². The molecule has 0 saturated heterocycles. The quantitative estimate of drug-likeness (QED) is 0.148. The lowest BCUT2D eigenvalue weighted by Crippen LogP contribution is -2.20. The van der Waals surface area contributed by atoms with Crippen molar-refractivity contribution in [1.82, 2.24) is 0 Å². The number of carbonyl (C=O) groups excluding carboxylic acids is 1. The Labute approximate surface area is 236 Å². The fraction of sp³-hybridized carbons (Fsp3) is 0.375. The molecule has 0 saturated carbocycles. The van der Waals surface area contributed by atoms with Crippen molar-refractivity contribution in [2.45, 2.75) is 38.5 Å². The number of carbonyl (C=O) groups is 1. The van der Waals surface area contributed by atoms with Crippen molar-refractivity contribution in [3.8, 4) is 0 Å². The number of alkyl halides is 6. The van der Waals surface area contributed by atoms with E-state index in [9.17, 15) is 39.6 Å². The predicted octanol–water partition coefficient (Wildman–Crippen LogP) is 9.18. The van der Waals surface area contributed by atoms with Crippen LogP contribution in [0.25, 0.3) is 5.83 Å². The van der Waals surface area contributed by atoms with Gasteiger partial charge in [-0.2, -0.15) is 26.3 Å². The van der Waals surface area contributed by atoms with E-state index in [0.717, 1.165) is 18.2 Å². The Hall–Kier alpha value is -1.44. The SMILES string of the molecule is CCS(=O)(=O)C[C@@H](C)CC(=O)c1ccc(/C(F)=C/C(c2cc(Br)c(Cl)c(Br)c2)C(F)(F)F)cc1C(F)(F)F. The number of hydrogen-bond acceptors (Lipinski definition) is 3. The Balaban J connectivity index is 2.52. The van der Waals surface area contributed by atoms with Crippen molar-refractivity contribution in [3.05, 3.63) is 72.6 Å². The summed E-state index contributed by atoms with van der Waals surface area (Å²) in [5, 5.41) is 0.0656. The van der Waals surface area contributed by atoms with Gasteiger partial charge in [-0.25, -0.2) is 12.8 Å². The molecule has 0 radical (unpaired) electrons. The molecule has 0 bridgehead atoms. The van der Waals surface area contributed by atoms with Gasteiger partial charge in [0.05, 0.1) is 16.3 Å². The smallest absolute Gasteiger partial charge is 0.294 e. The topological polar surface area (TPSA) is 51.2 Å². The van der Waals surface area contributed by atoms with Gasteiger partial charge >= 0.3 is 12.4 Å². The molecule has 0 aliphatic heterocycles. The first-order chi connectivity index (χ1) is 17.3. The lowest BCUT2D eigenvalue weighted by atomic mass is 9.93. The fourth-order valence-electron chi connectivity index (χ4n) is 3.58. The van der Waals surface area contributed by atoms with E-state index < -0.39 is 80.1 Å². The minimum absolute atomic E-state index is 0.0656. The Kier molecular flexibility index (Phi) is 10.7. The summed E-state index contributed by atoms with van der Waals surface area (Å²) in [5.41, 5.74) is -3.64. The Morgan fingerprint density at radius 1 is 1.05 bits per heavy atom. The summed E-state index contributed by atoms with van der Waals surface area (Å²) in [4.78, 5) is 12.6. The molecule has 2 rings (SSSR count). The van der Waals surface area contributed by atoms with Gasteiger partial charge in [-0.1, -0.05) is 37.6 Å². The van der Waals surface area contributed by atoms with Crippen molar-refractivity contribution in [2.75, 3.05) is 11.5 Å². The lowest BCUT2D eigenvalue weighted by Gasteiger charge is -2.19. The maximum absolute atomic E-state index is 15.0. The minimum Gasteiger partial charge on any atom is -0.294 e. The lowest BCUT2D eigenvalue weighted by molar-refractivity contribution is -0.140. The molecule has 3 nitrogen and oxygen atoms in total. The molecular weight excluding hydrogens is 697 g/mol. The highest BCUT2D eigenvalue weighted by atomic mass is 79.9. The molecule has 2 aromatic carbocycles. The van der Waals surface area contributed by atoms with Gasteiger partial charge in [0.1, 0.15) is 21.6 Å². The van der Waals surface area contributed by atoms with Gasteiger partial charge in [0.25, 0.3) is 0 Å². The predicted molar refractivity (Wildman–Crippen MR) is 139 cm³/mol. The van der Waals surface area contributed by atoms with Crippen LogP contribution in [0.4, 0.5) is 30.7 Å². The number of rotatable bonds is 9. The highest BCUT2D eigenvalue weighted by Gasteiger charge is 2.41. The number of halogens is 10. The van der Waals surface area contributed by atoms with E-state index >= 15 is 4.39 Å². The highest BCUT2D eigenvalue weighted by molar-refractivity contribution is 9.11. The molecule has 0 heterocycles. The monoisotopic (exact) mass is 714 g/mol. The third kappa shape index (κ3) is 8.53. The second-order valence-corrected chi connectivity index (χ2v) is 13.0. The van der Waals surface area contributed by atoms with E-state index in [-0.39, 0.29) is 31.9 Å². The van der Waals surface area contributed by atoms with Crippen LogP contribution in [0, 0.1) is 5.92 Å². The Morgan fingerprint density at radius 3 is 2.08 bits per heavy atom. The van der Waals surface area contributed by atoms with E-state index in [1.165, 1.54) is 13.8 Å². The van der Waals surface area contributed by atoms with Crippen molar-refractivity contribution >= 4 is 64.9 Å².